The second kappa shape index (κ2) is 5.45. The fraction of sp³-hybridized carbons (Fsp3) is 0.364. The van der Waals surface area contributed by atoms with E-state index >= 15 is 0 Å². The van der Waals surface area contributed by atoms with Crippen LogP contribution in [0, 0.1) is 0 Å². The number of nitrogens with one attached hydrogen (secondary N) is 3. The maximum absolute atomic E-state index is 12.0. The molecule has 1 aliphatic rings. The quantitative estimate of drug-likeness (QED) is 0.597. The highest BCUT2D eigenvalue weighted by atomic mass is 32.2. The van der Waals surface area contributed by atoms with E-state index in [0.29, 0.717) is 5.56 Å². The molecule has 0 aliphatic carbocycles. The van der Waals surface area contributed by atoms with Gasteiger partial charge in [-0.15, -0.1) is 0 Å². The Labute approximate surface area is 111 Å². The monoisotopic (exact) mass is 284 g/mol. The van der Waals surface area contributed by atoms with Gasteiger partial charge in [-0.05, 0) is 12.1 Å². The topological polar surface area (TPSA) is 113 Å². The van der Waals surface area contributed by atoms with Gasteiger partial charge in [0.2, 0.25) is 10.0 Å². The lowest BCUT2D eigenvalue weighted by Gasteiger charge is -2.22. The van der Waals surface area contributed by atoms with Gasteiger partial charge in [0.15, 0.2) is 0 Å². The summed E-state index contributed by atoms with van der Waals surface area (Å²) in [5.74, 6) is -0.601. The Morgan fingerprint density at radius 1 is 1.32 bits per heavy atom. The van der Waals surface area contributed by atoms with Gasteiger partial charge in [-0.3, -0.25) is 4.79 Å². The summed E-state index contributed by atoms with van der Waals surface area (Å²) in [6, 6.07) is 5.33. The Morgan fingerprint density at radius 2 is 2.05 bits per heavy atom. The molecule has 2 rings (SSSR count). The lowest BCUT2D eigenvalue weighted by Crippen LogP contribution is -2.32. The standard InChI is InChI=1S/C11H16N4O3S/c12-19(17,18)7-6-15-11(16)8-2-1-3-9-10(8)14-5-4-13-9/h1-3,13-14H,4-7H2,(H,15,16)(H2,12,17,18). The van der Waals surface area contributed by atoms with E-state index in [1.807, 2.05) is 6.07 Å². The van der Waals surface area contributed by atoms with Gasteiger partial charge >= 0.3 is 0 Å². The molecular weight excluding hydrogens is 268 g/mol. The van der Waals surface area contributed by atoms with Gasteiger partial charge in [0.25, 0.3) is 5.91 Å². The number of sulfonamides is 1. The van der Waals surface area contributed by atoms with Crippen LogP contribution in [0.15, 0.2) is 18.2 Å². The number of benzene rings is 1. The molecular formula is C11H16N4O3S. The van der Waals surface area contributed by atoms with Crippen molar-refractivity contribution >= 4 is 27.3 Å². The number of rotatable bonds is 4. The van der Waals surface area contributed by atoms with Crippen molar-refractivity contribution in [3.05, 3.63) is 23.8 Å². The predicted molar refractivity (Wildman–Crippen MR) is 73.7 cm³/mol. The van der Waals surface area contributed by atoms with Crippen LogP contribution >= 0.6 is 0 Å². The van der Waals surface area contributed by atoms with Gasteiger partial charge in [-0.2, -0.15) is 0 Å². The van der Waals surface area contributed by atoms with Crippen LogP contribution in [0.5, 0.6) is 0 Å². The first-order valence-electron chi connectivity index (χ1n) is 5.87. The number of carbonyl (C=O) groups is 1. The van der Waals surface area contributed by atoms with Crippen LogP contribution in [-0.2, 0) is 10.0 Å². The van der Waals surface area contributed by atoms with Gasteiger partial charge in [0.1, 0.15) is 0 Å². The average Bonchev–Trinajstić information content (AvgIpc) is 2.36. The largest absolute Gasteiger partial charge is 0.382 e. The van der Waals surface area contributed by atoms with Gasteiger partial charge in [-0.25, -0.2) is 13.6 Å². The number of carbonyl (C=O) groups excluding carboxylic acids is 1. The fourth-order valence-corrected chi connectivity index (χ4v) is 2.25. The van der Waals surface area contributed by atoms with E-state index in [4.69, 9.17) is 5.14 Å². The number of amides is 1. The average molecular weight is 284 g/mol. The van der Waals surface area contributed by atoms with Crippen LogP contribution in [0.25, 0.3) is 0 Å². The lowest BCUT2D eigenvalue weighted by molar-refractivity contribution is 0.0957. The number of fused-ring (bicyclic) bond motifs is 1. The first kappa shape index (κ1) is 13.6. The van der Waals surface area contributed by atoms with Crippen molar-refractivity contribution in [3.8, 4) is 0 Å². The van der Waals surface area contributed by atoms with Crippen LogP contribution in [0.1, 0.15) is 10.4 Å². The molecule has 1 aromatic carbocycles. The Hall–Kier alpha value is -1.80. The molecule has 104 valence electrons. The summed E-state index contributed by atoms with van der Waals surface area (Å²) < 4.78 is 21.6. The van der Waals surface area contributed by atoms with Crippen molar-refractivity contribution in [1.29, 1.82) is 0 Å². The first-order valence-corrected chi connectivity index (χ1v) is 7.58. The molecule has 0 atom stereocenters. The fourth-order valence-electron chi connectivity index (χ4n) is 1.87. The minimum Gasteiger partial charge on any atom is -0.382 e. The van der Waals surface area contributed by atoms with E-state index in [9.17, 15) is 13.2 Å². The molecule has 8 heteroatoms. The summed E-state index contributed by atoms with van der Waals surface area (Å²) in [6.07, 6.45) is 0. The van der Waals surface area contributed by atoms with Crippen LogP contribution in [0.2, 0.25) is 0 Å². The molecule has 0 spiro atoms. The molecule has 0 saturated carbocycles. The third-order valence-corrected chi connectivity index (χ3v) is 3.50. The van der Waals surface area contributed by atoms with Crippen LogP contribution < -0.4 is 21.1 Å². The van der Waals surface area contributed by atoms with E-state index < -0.39 is 10.0 Å². The molecule has 1 amide bonds. The third kappa shape index (κ3) is 3.58. The lowest BCUT2D eigenvalue weighted by atomic mass is 10.1. The Morgan fingerprint density at radius 3 is 2.79 bits per heavy atom. The van der Waals surface area contributed by atoms with Crippen LogP contribution in [-0.4, -0.2) is 39.7 Å². The molecule has 0 bridgehead atoms. The van der Waals surface area contributed by atoms with Crippen molar-refractivity contribution in [2.24, 2.45) is 5.14 Å². The van der Waals surface area contributed by atoms with E-state index in [-0.39, 0.29) is 18.2 Å². The number of hydrogen-bond acceptors (Lipinski definition) is 5. The van der Waals surface area contributed by atoms with E-state index in [0.717, 1.165) is 24.5 Å². The molecule has 1 heterocycles. The van der Waals surface area contributed by atoms with Gasteiger partial charge in [-0.1, -0.05) is 6.07 Å². The van der Waals surface area contributed by atoms with Crippen molar-refractivity contribution in [3.63, 3.8) is 0 Å². The van der Waals surface area contributed by atoms with Crippen molar-refractivity contribution < 1.29 is 13.2 Å². The van der Waals surface area contributed by atoms with Crippen molar-refractivity contribution in [1.82, 2.24) is 5.32 Å². The zero-order valence-electron chi connectivity index (χ0n) is 10.3. The Balaban J connectivity index is 2.07. The molecule has 0 aromatic heterocycles. The summed E-state index contributed by atoms with van der Waals surface area (Å²) in [6.45, 7) is 1.52. The van der Waals surface area contributed by atoms with Crippen molar-refractivity contribution in [2.75, 3.05) is 36.0 Å². The summed E-state index contributed by atoms with van der Waals surface area (Å²) >= 11 is 0. The first-order chi connectivity index (χ1) is 8.97. The van der Waals surface area contributed by atoms with Crippen molar-refractivity contribution in [2.45, 2.75) is 0 Å². The highest BCUT2D eigenvalue weighted by molar-refractivity contribution is 7.89. The molecule has 0 radical (unpaired) electrons. The number of primary sulfonamides is 1. The number of anilines is 2. The maximum Gasteiger partial charge on any atom is 0.253 e. The predicted octanol–water partition coefficient (Wildman–Crippen LogP) is -0.458. The number of para-hydroxylation sites is 1. The van der Waals surface area contributed by atoms with Gasteiger partial charge < -0.3 is 16.0 Å². The second-order valence-corrected chi connectivity index (χ2v) is 5.94. The minimum atomic E-state index is -3.56. The Kier molecular flexibility index (Phi) is 3.91. The number of hydrogen-bond donors (Lipinski definition) is 4. The molecule has 1 aliphatic heterocycles. The second-order valence-electron chi connectivity index (χ2n) is 4.20. The van der Waals surface area contributed by atoms with Gasteiger partial charge in [0.05, 0.1) is 22.7 Å². The Bertz CT molecular complexity index is 586. The van der Waals surface area contributed by atoms with E-state index in [2.05, 4.69) is 16.0 Å². The highest BCUT2D eigenvalue weighted by Crippen LogP contribution is 2.28. The van der Waals surface area contributed by atoms with E-state index in [1.165, 1.54) is 0 Å². The summed E-state index contributed by atoms with van der Waals surface area (Å²) in [7, 11) is -3.56. The molecule has 1 aromatic rings. The smallest absolute Gasteiger partial charge is 0.253 e. The molecule has 0 unspecified atom stereocenters. The zero-order valence-corrected chi connectivity index (χ0v) is 11.1. The molecule has 0 fully saturated rings. The van der Waals surface area contributed by atoms with Crippen LogP contribution in [0.4, 0.5) is 11.4 Å². The zero-order chi connectivity index (χ0) is 13.9. The summed E-state index contributed by atoms with van der Waals surface area (Å²) in [5, 5.41) is 13.7. The van der Waals surface area contributed by atoms with Gasteiger partial charge in [0, 0.05) is 19.6 Å². The summed E-state index contributed by atoms with van der Waals surface area (Å²) in [4.78, 5) is 12.0. The van der Waals surface area contributed by atoms with E-state index in [1.54, 1.807) is 12.1 Å². The maximum atomic E-state index is 12.0. The normalized spacial score (nSPS) is 13.9. The molecule has 0 saturated heterocycles. The molecule has 7 nitrogen and oxygen atoms in total. The minimum absolute atomic E-state index is 0.00520. The summed E-state index contributed by atoms with van der Waals surface area (Å²) in [5.41, 5.74) is 2.09. The number of nitrogens with two attached hydrogens (primary N) is 1. The highest BCUT2D eigenvalue weighted by Gasteiger charge is 2.17. The molecule has 5 N–H and O–H groups in total. The van der Waals surface area contributed by atoms with Crippen LogP contribution in [0.3, 0.4) is 0 Å². The SMILES string of the molecule is NS(=O)(=O)CCNC(=O)c1cccc2c1NCCN2. The molecule has 19 heavy (non-hydrogen) atoms. The third-order valence-electron chi connectivity index (χ3n) is 2.72.